The van der Waals surface area contributed by atoms with Gasteiger partial charge in [0, 0.05) is 38.3 Å². The molecule has 1 aliphatic rings. The van der Waals surface area contributed by atoms with E-state index in [-0.39, 0.29) is 0 Å². The minimum Gasteiger partial charge on any atom is -0.380 e. The Kier molecular flexibility index (Phi) is 6.96. The monoisotopic (exact) mass is 230 g/mol. The molecule has 1 rings (SSSR count). The smallest absolute Gasteiger partial charge is 0.0634 e. The van der Waals surface area contributed by atoms with Gasteiger partial charge in [-0.1, -0.05) is 13.8 Å². The van der Waals surface area contributed by atoms with Gasteiger partial charge in [0.05, 0.1) is 19.8 Å². The molecule has 4 nitrogen and oxygen atoms in total. The van der Waals surface area contributed by atoms with Crippen molar-refractivity contribution in [1.29, 1.82) is 0 Å². The molecule has 1 saturated heterocycles. The summed E-state index contributed by atoms with van der Waals surface area (Å²) in [5.41, 5.74) is 0. The molecule has 1 fully saturated rings. The lowest BCUT2D eigenvalue weighted by Gasteiger charge is -2.36. The van der Waals surface area contributed by atoms with E-state index in [1.54, 1.807) is 0 Å². The van der Waals surface area contributed by atoms with Gasteiger partial charge in [0.1, 0.15) is 0 Å². The normalized spacial score (nSPS) is 22.9. The van der Waals surface area contributed by atoms with Crippen LogP contribution in [0.15, 0.2) is 0 Å². The summed E-state index contributed by atoms with van der Waals surface area (Å²) < 4.78 is 10.9. The molecule has 1 N–H and O–H groups in total. The molecule has 0 bridgehead atoms. The number of ether oxygens (including phenoxy) is 2. The number of hydrogen-bond donors (Lipinski definition) is 1. The van der Waals surface area contributed by atoms with Crippen molar-refractivity contribution in [3.05, 3.63) is 0 Å². The first-order chi connectivity index (χ1) is 7.74. The van der Waals surface area contributed by atoms with Gasteiger partial charge in [0.2, 0.25) is 0 Å². The van der Waals surface area contributed by atoms with Crippen LogP contribution in [0.1, 0.15) is 20.8 Å². The van der Waals surface area contributed by atoms with Crippen LogP contribution in [-0.4, -0.2) is 63.0 Å². The van der Waals surface area contributed by atoms with Crippen LogP contribution in [-0.2, 0) is 9.47 Å². The molecule has 1 atom stereocenters. The Morgan fingerprint density at radius 1 is 1.50 bits per heavy atom. The summed E-state index contributed by atoms with van der Waals surface area (Å²) in [5, 5.41) is 3.47. The Hall–Kier alpha value is -0.160. The van der Waals surface area contributed by atoms with Crippen molar-refractivity contribution in [2.24, 2.45) is 0 Å². The van der Waals surface area contributed by atoms with Crippen LogP contribution in [0.25, 0.3) is 0 Å². The molecular formula is C12H26N2O2. The lowest BCUT2D eigenvalue weighted by atomic mass is 10.2. The molecule has 4 heteroatoms. The van der Waals surface area contributed by atoms with Crippen molar-refractivity contribution in [2.75, 3.05) is 46.1 Å². The molecule has 0 radical (unpaired) electrons. The Labute approximate surface area is 99.3 Å². The van der Waals surface area contributed by atoms with Crippen LogP contribution in [0, 0.1) is 0 Å². The van der Waals surface area contributed by atoms with E-state index in [1.165, 1.54) is 0 Å². The van der Waals surface area contributed by atoms with Crippen LogP contribution in [0.3, 0.4) is 0 Å². The first-order valence-corrected chi connectivity index (χ1v) is 6.37. The molecule has 1 aliphatic heterocycles. The van der Waals surface area contributed by atoms with Crippen molar-refractivity contribution in [3.8, 4) is 0 Å². The highest BCUT2D eigenvalue weighted by molar-refractivity contribution is 4.77. The third kappa shape index (κ3) is 5.25. The zero-order valence-electron chi connectivity index (χ0n) is 10.9. The van der Waals surface area contributed by atoms with Crippen molar-refractivity contribution in [3.63, 3.8) is 0 Å². The second-order valence-electron chi connectivity index (χ2n) is 4.52. The van der Waals surface area contributed by atoms with Crippen molar-refractivity contribution >= 4 is 0 Å². The minimum atomic E-state index is 0.497. The van der Waals surface area contributed by atoms with Crippen LogP contribution < -0.4 is 5.32 Å². The van der Waals surface area contributed by atoms with Gasteiger partial charge < -0.3 is 14.8 Å². The Morgan fingerprint density at radius 3 is 3.00 bits per heavy atom. The first-order valence-electron chi connectivity index (χ1n) is 6.37. The van der Waals surface area contributed by atoms with E-state index >= 15 is 0 Å². The Morgan fingerprint density at radius 2 is 2.31 bits per heavy atom. The quantitative estimate of drug-likeness (QED) is 0.654. The highest BCUT2D eigenvalue weighted by Crippen LogP contribution is 2.06. The highest BCUT2D eigenvalue weighted by atomic mass is 16.5. The topological polar surface area (TPSA) is 33.7 Å². The van der Waals surface area contributed by atoms with E-state index in [2.05, 4.69) is 24.1 Å². The average molecular weight is 230 g/mol. The molecular weight excluding hydrogens is 204 g/mol. The molecule has 0 spiro atoms. The molecule has 0 aliphatic carbocycles. The number of nitrogens with one attached hydrogen (secondary N) is 1. The Bertz CT molecular complexity index is 176. The maximum Gasteiger partial charge on any atom is 0.0634 e. The summed E-state index contributed by atoms with van der Waals surface area (Å²) in [4.78, 5) is 2.47. The second-order valence-corrected chi connectivity index (χ2v) is 4.52. The maximum atomic E-state index is 5.53. The first kappa shape index (κ1) is 13.9. The van der Waals surface area contributed by atoms with Crippen LogP contribution in [0.4, 0.5) is 0 Å². The molecule has 1 heterocycles. The fourth-order valence-corrected chi connectivity index (χ4v) is 1.87. The summed E-state index contributed by atoms with van der Waals surface area (Å²) in [6.45, 7) is 12.8. The van der Waals surface area contributed by atoms with Crippen LogP contribution in [0.2, 0.25) is 0 Å². The van der Waals surface area contributed by atoms with E-state index < -0.39 is 0 Å². The number of nitrogens with zero attached hydrogens (tertiary/aromatic N) is 1. The zero-order chi connectivity index (χ0) is 11.8. The lowest BCUT2D eigenvalue weighted by Crippen LogP contribution is -2.52. The third-order valence-corrected chi connectivity index (χ3v) is 2.84. The van der Waals surface area contributed by atoms with Crippen molar-refractivity contribution in [1.82, 2.24) is 10.2 Å². The molecule has 0 saturated carbocycles. The van der Waals surface area contributed by atoms with Gasteiger partial charge in [-0.2, -0.15) is 0 Å². The van der Waals surface area contributed by atoms with E-state index in [9.17, 15) is 0 Å². The largest absolute Gasteiger partial charge is 0.380 e. The summed E-state index contributed by atoms with van der Waals surface area (Å²) >= 11 is 0. The zero-order valence-corrected chi connectivity index (χ0v) is 10.9. The van der Waals surface area contributed by atoms with Gasteiger partial charge >= 0.3 is 0 Å². The molecule has 0 aromatic carbocycles. The number of rotatable bonds is 7. The van der Waals surface area contributed by atoms with E-state index in [1.807, 2.05) is 6.92 Å². The van der Waals surface area contributed by atoms with Gasteiger partial charge in [-0.05, 0) is 6.92 Å². The summed E-state index contributed by atoms with van der Waals surface area (Å²) in [6, 6.07) is 1.03. The third-order valence-electron chi connectivity index (χ3n) is 2.84. The van der Waals surface area contributed by atoms with Crippen LogP contribution in [0.5, 0.6) is 0 Å². The molecule has 96 valence electrons. The summed E-state index contributed by atoms with van der Waals surface area (Å²) in [7, 11) is 0. The van der Waals surface area contributed by atoms with E-state index in [4.69, 9.17) is 9.47 Å². The van der Waals surface area contributed by atoms with E-state index in [0.29, 0.717) is 12.1 Å². The molecule has 1 unspecified atom stereocenters. The molecule has 0 amide bonds. The fourth-order valence-electron chi connectivity index (χ4n) is 1.87. The second kappa shape index (κ2) is 8.01. The summed E-state index contributed by atoms with van der Waals surface area (Å²) in [5.74, 6) is 0. The average Bonchev–Trinajstić information content (AvgIpc) is 2.28. The van der Waals surface area contributed by atoms with E-state index in [0.717, 1.165) is 46.1 Å². The van der Waals surface area contributed by atoms with Gasteiger partial charge in [-0.25, -0.2) is 0 Å². The number of hydrogen-bond acceptors (Lipinski definition) is 4. The van der Waals surface area contributed by atoms with Crippen molar-refractivity contribution in [2.45, 2.75) is 32.9 Å². The Balaban J connectivity index is 2.26. The minimum absolute atomic E-state index is 0.497. The van der Waals surface area contributed by atoms with Gasteiger partial charge in [-0.3, -0.25) is 4.90 Å². The molecule has 0 aromatic heterocycles. The SMILES string of the molecule is CCOCCN1CCOCC1CNC(C)C. The van der Waals surface area contributed by atoms with Gasteiger partial charge in [-0.15, -0.1) is 0 Å². The lowest BCUT2D eigenvalue weighted by molar-refractivity contribution is -0.0192. The predicted molar refractivity (Wildman–Crippen MR) is 65.8 cm³/mol. The fraction of sp³-hybridized carbons (Fsp3) is 1.00. The molecule has 0 aromatic rings. The highest BCUT2D eigenvalue weighted by Gasteiger charge is 2.22. The molecule has 16 heavy (non-hydrogen) atoms. The standard InChI is InChI=1S/C12H26N2O2/c1-4-15-7-5-14-6-8-16-10-12(14)9-13-11(2)3/h11-13H,4-10H2,1-3H3. The maximum absolute atomic E-state index is 5.53. The number of morpholine rings is 1. The van der Waals surface area contributed by atoms with Gasteiger partial charge in [0.25, 0.3) is 0 Å². The predicted octanol–water partition coefficient (Wildman–Crippen LogP) is 0.722. The van der Waals surface area contributed by atoms with Crippen molar-refractivity contribution < 1.29 is 9.47 Å². The van der Waals surface area contributed by atoms with Gasteiger partial charge in [0.15, 0.2) is 0 Å². The van der Waals surface area contributed by atoms with Crippen LogP contribution >= 0.6 is 0 Å². The summed E-state index contributed by atoms with van der Waals surface area (Å²) in [6.07, 6.45) is 0.